The third-order valence-corrected chi connectivity index (χ3v) is 6.10. The summed E-state index contributed by atoms with van der Waals surface area (Å²) < 4.78 is 1.43. The van der Waals surface area contributed by atoms with E-state index >= 15 is 0 Å². The van der Waals surface area contributed by atoms with Gasteiger partial charge in [-0.2, -0.15) is 0 Å². The Balaban J connectivity index is 1.83. The van der Waals surface area contributed by atoms with Crippen molar-refractivity contribution in [2.75, 3.05) is 13.6 Å². The van der Waals surface area contributed by atoms with Gasteiger partial charge in [-0.15, -0.1) is 11.3 Å². The fourth-order valence-electron chi connectivity index (χ4n) is 4.14. The van der Waals surface area contributed by atoms with Gasteiger partial charge >= 0.3 is 0 Å². The predicted molar refractivity (Wildman–Crippen MR) is 88.1 cm³/mol. The Morgan fingerprint density at radius 1 is 1.25 bits per heavy atom. The summed E-state index contributed by atoms with van der Waals surface area (Å²) >= 11 is 1.99. The van der Waals surface area contributed by atoms with Crippen molar-refractivity contribution in [3.05, 3.63) is 40.8 Å². The van der Waals surface area contributed by atoms with Crippen molar-refractivity contribution in [1.29, 1.82) is 0 Å². The molecule has 2 heteroatoms. The second kappa shape index (κ2) is 5.01. The zero-order chi connectivity index (χ0) is 13.5. The van der Waals surface area contributed by atoms with E-state index < -0.39 is 0 Å². The minimum Gasteiger partial charge on any atom is -0.316 e. The first-order valence-corrected chi connectivity index (χ1v) is 8.52. The molecule has 0 spiro atoms. The molecule has 2 bridgehead atoms. The van der Waals surface area contributed by atoms with Crippen LogP contribution in [0.15, 0.2) is 35.9 Å². The van der Waals surface area contributed by atoms with E-state index in [-0.39, 0.29) is 0 Å². The molecule has 2 aliphatic rings. The topological polar surface area (TPSA) is 12.0 Å². The molecule has 1 saturated carbocycles. The first-order chi connectivity index (χ1) is 9.85. The van der Waals surface area contributed by atoms with Crippen molar-refractivity contribution in [3.63, 3.8) is 0 Å². The first kappa shape index (κ1) is 12.6. The van der Waals surface area contributed by atoms with Crippen LogP contribution in [0.25, 0.3) is 15.7 Å². The van der Waals surface area contributed by atoms with Crippen LogP contribution in [0.4, 0.5) is 0 Å². The van der Waals surface area contributed by atoms with Gasteiger partial charge in [0.2, 0.25) is 0 Å². The van der Waals surface area contributed by atoms with E-state index in [4.69, 9.17) is 0 Å². The summed E-state index contributed by atoms with van der Waals surface area (Å²) in [5.41, 5.74) is 3.37. The molecule has 1 aromatic heterocycles. The molecule has 4 rings (SSSR count). The number of hydrogen-bond acceptors (Lipinski definition) is 2. The van der Waals surface area contributed by atoms with Crippen LogP contribution in [0, 0.1) is 11.8 Å². The van der Waals surface area contributed by atoms with Gasteiger partial charge in [0.25, 0.3) is 0 Å². The summed E-state index contributed by atoms with van der Waals surface area (Å²) in [6.07, 6.45) is 5.59. The molecule has 0 saturated heterocycles. The SMILES string of the molecule is CNCC1=C(c2cc3ccccc3s2)C2CCC(C1)C2. The Labute approximate surface area is 124 Å². The lowest BCUT2D eigenvalue weighted by atomic mass is 9.82. The monoisotopic (exact) mass is 283 g/mol. The summed E-state index contributed by atoms with van der Waals surface area (Å²) in [6.45, 7) is 1.07. The van der Waals surface area contributed by atoms with Gasteiger partial charge < -0.3 is 5.32 Å². The number of nitrogens with one attached hydrogen (secondary N) is 1. The number of likely N-dealkylation sites (N-methyl/N-ethyl adjacent to an activating group) is 1. The predicted octanol–water partition coefficient (Wildman–Crippen LogP) is 4.69. The maximum atomic E-state index is 3.39. The van der Waals surface area contributed by atoms with Gasteiger partial charge in [-0.05, 0) is 67.7 Å². The fraction of sp³-hybridized carbons (Fsp3) is 0.444. The number of hydrogen-bond donors (Lipinski definition) is 1. The minimum atomic E-state index is 0.824. The van der Waals surface area contributed by atoms with E-state index in [0.717, 1.165) is 18.4 Å². The number of allylic oxidation sites excluding steroid dienone is 1. The zero-order valence-electron chi connectivity index (χ0n) is 12.0. The molecular formula is C18H21NS. The molecule has 2 unspecified atom stereocenters. The van der Waals surface area contributed by atoms with Crippen LogP contribution >= 0.6 is 11.3 Å². The van der Waals surface area contributed by atoms with E-state index in [0.29, 0.717) is 0 Å². The Morgan fingerprint density at radius 2 is 2.15 bits per heavy atom. The molecule has 2 aliphatic carbocycles. The summed E-state index contributed by atoms with van der Waals surface area (Å²) in [5, 5.41) is 4.79. The largest absolute Gasteiger partial charge is 0.316 e. The summed E-state index contributed by atoms with van der Waals surface area (Å²) in [7, 11) is 2.08. The maximum absolute atomic E-state index is 3.39. The highest BCUT2D eigenvalue weighted by atomic mass is 32.1. The van der Waals surface area contributed by atoms with Crippen molar-refractivity contribution < 1.29 is 0 Å². The highest BCUT2D eigenvalue weighted by molar-refractivity contribution is 7.20. The van der Waals surface area contributed by atoms with Gasteiger partial charge in [0, 0.05) is 16.1 Å². The molecule has 0 radical (unpaired) electrons. The highest BCUT2D eigenvalue weighted by Crippen LogP contribution is 2.50. The van der Waals surface area contributed by atoms with E-state index in [1.54, 1.807) is 11.1 Å². The van der Waals surface area contributed by atoms with E-state index in [2.05, 4.69) is 42.7 Å². The van der Waals surface area contributed by atoms with Gasteiger partial charge in [0.05, 0.1) is 0 Å². The lowest BCUT2D eigenvalue weighted by molar-refractivity contribution is 0.503. The Morgan fingerprint density at radius 3 is 3.00 bits per heavy atom. The highest BCUT2D eigenvalue weighted by Gasteiger charge is 2.35. The number of rotatable bonds is 3. The van der Waals surface area contributed by atoms with Crippen LogP contribution in [0.1, 0.15) is 30.6 Å². The number of benzene rings is 1. The van der Waals surface area contributed by atoms with Crippen molar-refractivity contribution in [2.24, 2.45) is 11.8 Å². The van der Waals surface area contributed by atoms with Crippen LogP contribution in [-0.4, -0.2) is 13.6 Å². The third kappa shape index (κ3) is 2.02. The smallest absolute Gasteiger partial charge is 0.0349 e. The first-order valence-electron chi connectivity index (χ1n) is 7.70. The van der Waals surface area contributed by atoms with Gasteiger partial charge in [-0.3, -0.25) is 0 Å². The lowest BCUT2D eigenvalue weighted by Gasteiger charge is -2.26. The molecular weight excluding hydrogens is 262 g/mol. The molecule has 2 aromatic rings. The molecule has 20 heavy (non-hydrogen) atoms. The molecule has 0 aliphatic heterocycles. The number of thiophene rings is 1. The Bertz CT molecular complexity index is 634. The van der Waals surface area contributed by atoms with E-state index in [9.17, 15) is 0 Å². The molecule has 1 fully saturated rings. The standard InChI is InChI=1S/C18H21NS/c1-19-11-15-9-12-6-7-14(8-12)18(15)17-10-13-4-2-3-5-16(13)20-17/h2-5,10,12,14,19H,6-9,11H2,1H3. The molecule has 104 valence electrons. The van der Waals surface area contributed by atoms with Crippen molar-refractivity contribution in [2.45, 2.75) is 25.7 Å². The van der Waals surface area contributed by atoms with Crippen LogP contribution in [0.3, 0.4) is 0 Å². The van der Waals surface area contributed by atoms with Gasteiger partial charge in [0.1, 0.15) is 0 Å². The Hall–Kier alpha value is -1.12. The summed E-state index contributed by atoms with van der Waals surface area (Å²) in [4.78, 5) is 1.53. The van der Waals surface area contributed by atoms with Gasteiger partial charge in [-0.25, -0.2) is 0 Å². The molecule has 1 N–H and O–H groups in total. The van der Waals surface area contributed by atoms with E-state index in [1.807, 2.05) is 11.3 Å². The average Bonchev–Trinajstić information content (AvgIpc) is 3.04. The fourth-order valence-corrected chi connectivity index (χ4v) is 5.38. The van der Waals surface area contributed by atoms with Crippen molar-refractivity contribution >= 4 is 27.0 Å². The van der Waals surface area contributed by atoms with Crippen LogP contribution in [0.5, 0.6) is 0 Å². The molecule has 0 amide bonds. The van der Waals surface area contributed by atoms with Crippen molar-refractivity contribution in [1.82, 2.24) is 5.32 Å². The summed E-state index contributed by atoms with van der Waals surface area (Å²) in [6, 6.07) is 11.2. The third-order valence-electron chi connectivity index (χ3n) is 4.95. The molecule has 1 aromatic carbocycles. The van der Waals surface area contributed by atoms with Crippen molar-refractivity contribution in [3.8, 4) is 0 Å². The van der Waals surface area contributed by atoms with Crippen LogP contribution in [-0.2, 0) is 0 Å². The van der Waals surface area contributed by atoms with Gasteiger partial charge in [0.15, 0.2) is 0 Å². The normalized spacial score (nSPS) is 25.6. The second-order valence-corrected chi connectivity index (χ2v) is 7.36. The van der Waals surface area contributed by atoms with Crippen LogP contribution < -0.4 is 5.32 Å². The summed E-state index contributed by atoms with van der Waals surface area (Å²) in [5.74, 6) is 1.78. The zero-order valence-corrected chi connectivity index (χ0v) is 12.8. The molecule has 1 nitrogen and oxygen atoms in total. The molecule has 2 atom stereocenters. The second-order valence-electron chi connectivity index (χ2n) is 6.28. The van der Waals surface area contributed by atoms with E-state index in [1.165, 1.54) is 40.6 Å². The average molecular weight is 283 g/mol. The number of fused-ring (bicyclic) bond motifs is 3. The Kier molecular flexibility index (Phi) is 3.16. The minimum absolute atomic E-state index is 0.824. The molecule has 1 heterocycles. The quantitative estimate of drug-likeness (QED) is 0.861. The maximum Gasteiger partial charge on any atom is 0.0349 e. The lowest BCUT2D eigenvalue weighted by Crippen LogP contribution is -2.18. The van der Waals surface area contributed by atoms with Gasteiger partial charge in [-0.1, -0.05) is 23.8 Å². The van der Waals surface area contributed by atoms with Crippen LogP contribution in [0.2, 0.25) is 0 Å².